The summed E-state index contributed by atoms with van der Waals surface area (Å²) in [6, 6.07) is 12.3. The van der Waals surface area contributed by atoms with E-state index in [-0.39, 0.29) is 11.7 Å². The summed E-state index contributed by atoms with van der Waals surface area (Å²) in [5.74, 6) is -0.152. The zero-order chi connectivity index (χ0) is 17.9. The fraction of sp³-hybridized carbons (Fsp3) is 0.278. The normalized spacial score (nSPS) is 13.5. The lowest BCUT2D eigenvalue weighted by Crippen LogP contribution is -2.19. The molecule has 0 saturated heterocycles. The summed E-state index contributed by atoms with van der Waals surface area (Å²) in [6.07, 6.45) is 1.88. The van der Waals surface area contributed by atoms with Crippen molar-refractivity contribution in [2.45, 2.75) is 19.8 Å². The van der Waals surface area contributed by atoms with E-state index in [0.717, 1.165) is 30.6 Å². The second kappa shape index (κ2) is 7.14. The van der Waals surface area contributed by atoms with Crippen LogP contribution in [0.25, 0.3) is 0 Å². The maximum absolute atomic E-state index is 12.6. The lowest BCUT2D eigenvalue weighted by molar-refractivity contribution is 0.102. The number of fused-ring (bicyclic) bond motifs is 1. The van der Waals surface area contributed by atoms with E-state index in [1.54, 1.807) is 31.2 Å². The molecule has 1 aliphatic heterocycles. The zero-order valence-electron chi connectivity index (χ0n) is 14.0. The van der Waals surface area contributed by atoms with E-state index in [9.17, 15) is 13.2 Å². The first-order chi connectivity index (χ1) is 12.0. The predicted octanol–water partition coefficient (Wildman–Crippen LogP) is 3.06. The molecule has 0 aliphatic carbocycles. The summed E-state index contributed by atoms with van der Waals surface area (Å²) in [7, 11) is -3.31. The van der Waals surface area contributed by atoms with Crippen LogP contribution in [0.1, 0.15) is 29.3 Å². The maximum atomic E-state index is 12.6. The van der Waals surface area contributed by atoms with E-state index in [1.807, 2.05) is 18.2 Å². The summed E-state index contributed by atoms with van der Waals surface area (Å²) in [5.41, 5.74) is 3.81. The van der Waals surface area contributed by atoms with Gasteiger partial charge in [-0.3, -0.25) is 9.52 Å². The van der Waals surface area contributed by atoms with Gasteiger partial charge < -0.3 is 10.6 Å². The Labute approximate surface area is 147 Å². The SMILES string of the molecule is CCS(=O)(=O)Nc1ccc(NC(=O)c2cccc3c2CCCN3)cc1. The molecule has 1 heterocycles. The second-order valence-electron chi connectivity index (χ2n) is 5.90. The van der Waals surface area contributed by atoms with Gasteiger partial charge in [-0.05, 0) is 61.7 Å². The Balaban J connectivity index is 1.74. The van der Waals surface area contributed by atoms with Gasteiger partial charge in [0.15, 0.2) is 0 Å². The Morgan fingerprint density at radius 3 is 2.56 bits per heavy atom. The maximum Gasteiger partial charge on any atom is 0.256 e. The zero-order valence-corrected chi connectivity index (χ0v) is 14.8. The molecule has 0 fully saturated rings. The van der Waals surface area contributed by atoms with Crippen LogP contribution in [0.4, 0.5) is 17.1 Å². The first-order valence-electron chi connectivity index (χ1n) is 8.26. The summed E-state index contributed by atoms with van der Waals surface area (Å²) in [6.45, 7) is 2.50. The molecule has 0 unspecified atom stereocenters. The van der Waals surface area contributed by atoms with E-state index in [1.165, 1.54) is 0 Å². The van der Waals surface area contributed by atoms with Crippen LogP contribution in [0.5, 0.6) is 0 Å². The molecule has 132 valence electrons. The van der Waals surface area contributed by atoms with E-state index in [4.69, 9.17) is 0 Å². The van der Waals surface area contributed by atoms with E-state index in [0.29, 0.717) is 16.9 Å². The largest absolute Gasteiger partial charge is 0.385 e. The van der Waals surface area contributed by atoms with E-state index < -0.39 is 10.0 Å². The summed E-state index contributed by atoms with van der Waals surface area (Å²) >= 11 is 0. The van der Waals surface area contributed by atoms with Gasteiger partial charge in [0, 0.05) is 29.2 Å². The Morgan fingerprint density at radius 1 is 1.12 bits per heavy atom. The van der Waals surface area contributed by atoms with E-state index >= 15 is 0 Å². The molecule has 0 spiro atoms. The van der Waals surface area contributed by atoms with Gasteiger partial charge in [0.05, 0.1) is 5.75 Å². The van der Waals surface area contributed by atoms with Crippen LogP contribution in [0, 0.1) is 0 Å². The van der Waals surface area contributed by atoms with Gasteiger partial charge in [0.2, 0.25) is 10.0 Å². The Hall–Kier alpha value is -2.54. The third-order valence-corrected chi connectivity index (χ3v) is 5.44. The molecule has 0 radical (unpaired) electrons. The number of carbonyl (C=O) groups excluding carboxylic acids is 1. The minimum Gasteiger partial charge on any atom is -0.385 e. The third kappa shape index (κ3) is 4.11. The molecule has 0 saturated carbocycles. The standard InChI is InChI=1S/C18H21N3O3S/c1-2-25(23,24)21-14-10-8-13(9-11-14)20-18(22)16-5-3-7-17-15(16)6-4-12-19-17/h3,5,7-11,19,21H,2,4,6,12H2,1H3,(H,20,22). The lowest BCUT2D eigenvalue weighted by atomic mass is 9.97. The van der Waals surface area contributed by atoms with Crippen LogP contribution in [0.15, 0.2) is 42.5 Å². The number of benzene rings is 2. The quantitative estimate of drug-likeness (QED) is 0.766. The lowest BCUT2D eigenvalue weighted by Gasteiger charge is -2.20. The molecule has 6 nitrogen and oxygen atoms in total. The van der Waals surface area contributed by atoms with Crippen molar-refractivity contribution in [2.24, 2.45) is 0 Å². The topological polar surface area (TPSA) is 87.3 Å². The van der Waals surface area contributed by atoms with Gasteiger partial charge >= 0.3 is 0 Å². The van der Waals surface area contributed by atoms with Gasteiger partial charge in [0.1, 0.15) is 0 Å². The molecule has 1 amide bonds. The summed E-state index contributed by atoms with van der Waals surface area (Å²) in [4.78, 5) is 12.6. The summed E-state index contributed by atoms with van der Waals surface area (Å²) in [5, 5.41) is 6.18. The van der Waals surface area contributed by atoms with Crippen molar-refractivity contribution in [3.63, 3.8) is 0 Å². The molecule has 3 rings (SSSR count). The molecule has 0 atom stereocenters. The van der Waals surface area contributed by atoms with Crippen molar-refractivity contribution < 1.29 is 13.2 Å². The van der Waals surface area contributed by atoms with Crippen molar-refractivity contribution in [1.29, 1.82) is 0 Å². The molecular formula is C18H21N3O3S. The highest BCUT2D eigenvalue weighted by Crippen LogP contribution is 2.26. The highest BCUT2D eigenvalue weighted by Gasteiger charge is 2.17. The van der Waals surface area contributed by atoms with Crippen LogP contribution >= 0.6 is 0 Å². The number of hydrogen-bond donors (Lipinski definition) is 3. The van der Waals surface area contributed by atoms with Gasteiger partial charge in [-0.2, -0.15) is 0 Å². The van der Waals surface area contributed by atoms with E-state index in [2.05, 4.69) is 15.4 Å². The predicted molar refractivity (Wildman–Crippen MR) is 101 cm³/mol. The monoisotopic (exact) mass is 359 g/mol. The van der Waals surface area contributed by atoms with Crippen molar-refractivity contribution in [3.05, 3.63) is 53.6 Å². The molecule has 0 bridgehead atoms. The van der Waals surface area contributed by atoms with Crippen LogP contribution in [0.3, 0.4) is 0 Å². The molecule has 3 N–H and O–H groups in total. The first kappa shape index (κ1) is 17.3. The number of amides is 1. The number of nitrogens with one attached hydrogen (secondary N) is 3. The van der Waals surface area contributed by atoms with Gasteiger partial charge in [-0.25, -0.2) is 8.42 Å². The van der Waals surface area contributed by atoms with Gasteiger partial charge in [-0.15, -0.1) is 0 Å². The van der Waals surface area contributed by atoms with Crippen LogP contribution in [0.2, 0.25) is 0 Å². The highest BCUT2D eigenvalue weighted by atomic mass is 32.2. The Morgan fingerprint density at radius 2 is 1.84 bits per heavy atom. The highest BCUT2D eigenvalue weighted by molar-refractivity contribution is 7.92. The van der Waals surface area contributed by atoms with Crippen molar-refractivity contribution >= 4 is 33.0 Å². The first-order valence-corrected chi connectivity index (χ1v) is 9.91. The molecule has 7 heteroatoms. The number of hydrogen-bond acceptors (Lipinski definition) is 4. The van der Waals surface area contributed by atoms with Crippen molar-refractivity contribution in [3.8, 4) is 0 Å². The number of carbonyl (C=O) groups is 1. The molecule has 1 aliphatic rings. The molecule has 0 aromatic heterocycles. The second-order valence-corrected chi connectivity index (χ2v) is 7.91. The van der Waals surface area contributed by atoms with Gasteiger partial charge in [0.25, 0.3) is 5.91 Å². The number of rotatable bonds is 5. The average Bonchev–Trinajstić information content (AvgIpc) is 2.62. The van der Waals surface area contributed by atoms with Crippen LogP contribution < -0.4 is 15.4 Å². The minimum absolute atomic E-state index is 0.0125. The van der Waals surface area contributed by atoms with Crippen LogP contribution in [-0.4, -0.2) is 26.6 Å². The Kier molecular flexibility index (Phi) is 4.94. The Bertz CT molecular complexity index is 877. The smallest absolute Gasteiger partial charge is 0.256 e. The summed E-state index contributed by atoms with van der Waals surface area (Å²) < 4.78 is 25.6. The molecule has 2 aromatic rings. The average molecular weight is 359 g/mol. The number of anilines is 3. The number of sulfonamides is 1. The van der Waals surface area contributed by atoms with Gasteiger partial charge in [-0.1, -0.05) is 6.07 Å². The third-order valence-electron chi connectivity index (χ3n) is 4.14. The molecule has 2 aromatic carbocycles. The van der Waals surface area contributed by atoms with Crippen LogP contribution in [-0.2, 0) is 16.4 Å². The molecular weight excluding hydrogens is 338 g/mol. The van der Waals surface area contributed by atoms with Crippen molar-refractivity contribution in [2.75, 3.05) is 27.7 Å². The van der Waals surface area contributed by atoms with Crippen molar-refractivity contribution in [1.82, 2.24) is 0 Å². The molecule has 25 heavy (non-hydrogen) atoms. The minimum atomic E-state index is -3.31. The fourth-order valence-electron chi connectivity index (χ4n) is 2.79. The fourth-order valence-corrected chi connectivity index (χ4v) is 3.43.